The van der Waals surface area contributed by atoms with Gasteiger partial charge in [-0.25, -0.2) is 4.98 Å². The van der Waals surface area contributed by atoms with Crippen molar-refractivity contribution in [2.45, 2.75) is 77.2 Å². The minimum absolute atomic E-state index is 0.00231. The molecule has 2 saturated carbocycles. The van der Waals surface area contributed by atoms with Crippen molar-refractivity contribution in [1.82, 2.24) is 20.4 Å². The highest BCUT2D eigenvalue weighted by molar-refractivity contribution is 5.95. The number of nitrogens with zero attached hydrogens (tertiary/aromatic N) is 3. The number of aryl methyl sites for hydroxylation is 1. The predicted molar refractivity (Wildman–Crippen MR) is 139 cm³/mol. The number of rotatable bonds is 5. The van der Waals surface area contributed by atoms with Gasteiger partial charge in [-0.3, -0.25) is 9.59 Å². The van der Waals surface area contributed by atoms with Crippen molar-refractivity contribution in [3.8, 4) is 11.1 Å². The minimum atomic E-state index is -0.344. The van der Waals surface area contributed by atoms with Gasteiger partial charge in [-0.2, -0.15) is 4.98 Å². The summed E-state index contributed by atoms with van der Waals surface area (Å²) in [5.74, 6) is 1.02. The molecule has 2 aromatic heterocycles. The summed E-state index contributed by atoms with van der Waals surface area (Å²) in [6.45, 7) is 5.94. The number of aromatic nitrogens is 3. The Morgan fingerprint density at radius 2 is 1.89 bits per heavy atom. The molecule has 3 aliphatic carbocycles. The molecule has 6 rings (SSSR count). The molecule has 2 N–H and O–H groups in total. The van der Waals surface area contributed by atoms with E-state index in [9.17, 15) is 9.59 Å². The number of amides is 2. The Morgan fingerprint density at radius 3 is 2.62 bits per heavy atom. The van der Waals surface area contributed by atoms with E-state index in [-0.39, 0.29) is 35.1 Å². The Morgan fingerprint density at radius 1 is 1.08 bits per heavy atom. The maximum atomic E-state index is 12.9. The van der Waals surface area contributed by atoms with Crippen LogP contribution in [-0.2, 0) is 16.6 Å². The Balaban J connectivity index is 1.19. The van der Waals surface area contributed by atoms with Gasteiger partial charge < -0.3 is 15.2 Å². The maximum absolute atomic E-state index is 12.9. The summed E-state index contributed by atoms with van der Waals surface area (Å²) in [6.07, 6.45) is 9.00. The standard InChI is InChI=1S/C29H33N5O3/c1-28(2,3)27-33-26(37-34-27)25(36)31-22-7-5-4-6-19-14-17(8-9-20(19)22)18-10-13-30-23(15-18)32-24(35)21-16-29(21)11-12-29/h8-10,13-15,21-22H,4-7,11-12,16H2,1-3H3,(H,31,36)(H,30,32,35)/t21-,22?/m1/s1. The summed E-state index contributed by atoms with van der Waals surface area (Å²) in [7, 11) is 0. The number of nitrogens with one attached hydrogen (secondary N) is 2. The van der Waals surface area contributed by atoms with Gasteiger partial charge in [0, 0.05) is 17.5 Å². The number of carbonyl (C=O) groups is 2. The summed E-state index contributed by atoms with van der Waals surface area (Å²) in [5.41, 5.74) is 4.45. The summed E-state index contributed by atoms with van der Waals surface area (Å²) < 4.78 is 5.25. The predicted octanol–water partition coefficient (Wildman–Crippen LogP) is 5.37. The lowest BCUT2D eigenvalue weighted by atomic mass is 9.94. The molecular weight excluding hydrogens is 466 g/mol. The molecule has 2 fully saturated rings. The molecule has 0 bridgehead atoms. The Labute approximate surface area is 216 Å². The van der Waals surface area contributed by atoms with Crippen molar-refractivity contribution in [2.75, 3.05) is 5.32 Å². The average Bonchev–Trinajstić information content (AvgIpc) is 3.76. The van der Waals surface area contributed by atoms with E-state index in [0.29, 0.717) is 17.1 Å². The zero-order valence-corrected chi connectivity index (χ0v) is 21.6. The number of hydrogen-bond acceptors (Lipinski definition) is 6. The first kappa shape index (κ1) is 23.8. The van der Waals surface area contributed by atoms with Crippen molar-refractivity contribution in [3.63, 3.8) is 0 Å². The summed E-state index contributed by atoms with van der Waals surface area (Å²) >= 11 is 0. The van der Waals surface area contributed by atoms with Gasteiger partial charge in [-0.1, -0.05) is 50.5 Å². The summed E-state index contributed by atoms with van der Waals surface area (Å²) in [4.78, 5) is 34.2. The zero-order chi connectivity index (χ0) is 25.8. The van der Waals surface area contributed by atoms with Gasteiger partial charge in [-0.15, -0.1) is 0 Å². The van der Waals surface area contributed by atoms with Crippen LogP contribution in [0.5, 0.6) is 0 Å². The van der Waals surface area contributed by atoms with E-state index in [1.807, 2.05) is 32.9 Å². The monoisotopic (exact) mass is 499 g/mol. The van der Waals surface area contributed by atoms with E-state index in [1.54, 1.807) is 6.20 Å². The Kier molecular flexibility index (Phi) is 5.66. The number of hydrogen-bond donors (Lipinski definition) is 2. The van der Waals surface area contributed by atoms with E-state index >= 15 is 0 Å². The third-order valence-corrected chi connectivity index (χ3v) is 8.05. The molecule has 0 saturated heterocycles. The fourth-order valence-electron chi connectivity index (χ4n) is 5.47. The van der Waals surface area contributed by atoms with E-state index in [2.05, 4.69) is 44.0 Å². The SMILES string of the molecule is CC(C)(C)c1noc(C(=O)NC2CCCCc3cc(-c4ccnc(NC(=O)[C@H]5CC56CC6)c4)ccc32)n1. The number of benzene rings is 1. The molecule has 2 heterocycles. The lowest BCUT2D eigenvalue weighted by Crippen LogP contribution is -2.29. The van der Waals surface area contributed by atoms with Crippen LogP contribution in [0.15, 0.2) is 41.1 Å². The largest absolute Gasteiger partial charge is 0.341 e. The number of fused-ring (bicyclic) bond motifs is 1. The second kappa shape index (κ2) is 8.78. The van der Waals surface area contributed by atoms with Crippen LogP contribution in [0.25, 0.3) is 11.1 Å². The van der Waals surface area contributed by atoms with Crippen LogP contribution in [0.2, 0.25) is 0 Å². The minimum Gasteiger partial charge on any atom is -0.341 e. The van der Waals surface area contributed by atoms with E-state index in [0.717, 1.165) is 48.8 Å². The van der Waals surface area contributed by atoms with Gasteiger partial charge >= 0.3 is 11.8 Å². The number of carbonyl (C=O) groups excluding carboxylic acids is 2. The zero-order valence-electron chi connectivity index (χ0n) is 21.6. The topological polar surface area (TPSA) is 110 Å². The number of pyridine rings is 1. The molecule has 1 unspecified atom stereocenters. The third kappa shape index (κ3) is 4.77. The van der Waals surface area contributed by atoms with Gasteiger partial charge in [0.1, 0.15) is 5.82 Å². The van der Waals surface area contributed by atoms with Crippen molar-refractivity contribution in [2.24, 2.45) is 11.3 Å². The van der Waals surface area contributed by atoms with Gasteiger partial charge in [0.2, 0.25) is 5.91 Å². The van der Waals surface area contributed by atoms with Crippen molar-refractivity contribution < 1.29 is 14.1 Å². The molecule has 1 spiro atoms. The highest BCUT2D eigenvalue weighted by atomic mass is 16.5. The molecule has 3 aromatic rings. The molecule has 8 heteroatoms. The van der Waals surface area contributed by atoms with Crippen LogP contribution >= 0.6 is 0 Å². The molecule has 8 nitrogen and oxygen atoms in total. The van der Waals surface area contributed by atoms with Crippen LogP contribution in [-0.4, -0.2) is 26.9 Å². The lowest BCUT2D eigenvalue weighted by Gasteiger charge is -2.19. The average molecular weight is 500 g/mol. The van der Waals surface area contributed by atoms with Crippen LogP contribution < -0.4 is 10.6 Å². The molecule has 37 heavy (non-hydrogen) atoms. The molecule has 3 aliphatic rings. The normalized spacial score (nSPS) is 21.6. The van der Waals surface area contributed by atoms with E-state index in [4.69, 9.17) is 4.52 Å². The second-order valence-corrected chi connectivity index (χ2v) is 11.9. The van der Waals surface area contributed by atoms with Gasteiger partial charge in [0.15, 0.2) is 5.82 Å². The van der Waals surface area contributed by atoms with Crippen molar-refractivity contribution in [1.29, 1.82) is 0 Å². The van der Waals surface area contributed by atoms with Crippen LogP contribution in [0.3, 0.4) is 0 Å². The molecule has 0 radical (unpaired) electrons. The fraction of sp³-hybridized carbons (Fsp3) is 0.483. The van der Waals surface area contributed by atoms with Crippen LogP contribution in [0.1, 0.15) is 93.0 Å². The Hall–Kier alpha value is -3.55. The first-order valence-corrected chi connectivity index (χ1v) is 13.3. The molecule has 192 valence electrons. The highest BCUT2D eigenvalue weighted by Crippen LogP contribution is 2.70. The summed E-state index contributed by atoms with van der Waals surface area (Å²) in [6, 6.07) is 10.2. The van der Waals surface area contributed by atoms with E-state index in [1.165, 1.54) is 18.4 Å². The molecular formula is C29H33N5O3. The van der Waals surface area contributed by atoms with Gasteiger partial charge in [0.25, 0.3) is 0 Å². The molecule has 0 aliphatic heterocycles. The smallest absolute Gasteiger partial charge is 0.315 e. The maximum Gasteiger partial charge on any atom is 0.315 e. The van der Waals surface area contributed by atoms with Crippen LogP contribution in [0.4, 0.5) is 5.82 Å². The fourth-order valence-corrected chi connectivity index (χ4v) is 5.47. The lowest BCUT2D eigenvalue weighted by molar-refractivity contribution is -0.117. The quantitative estimate of drug-likeness (QED) is 0.457. The molecule has 2 amide bonds. The molecule has 1 aromatic carbocycles. The third-order valence-electron chi connectivity index (χ3n) is 8.05. The second-order valence-electron chi connectivity index (χ2n) is 11.9. The van der Waals surface area contributed by atoms with Gasteiger partial charge in [0.05, 0.1) is 6.04 Å². The van der Waals surface area contributed by atoms with Crippen LogP contribution in [0, 0.1) is 11.3 Å². The van der Waals surface area contributed by atoms with Gasteiger partial charge in [-0.05, 0) is 78.3 Å². The summed E-state index contributed by atoms with van der Waals surface area (Å²) in [5, 5.41) is 10.1. The number of anilines is 1. The van der Waals surface area contributed by atoms with Crippen molar-refractivity contribution >= 4 is 17.6 Å². The highest BCUT2D eigenvalue weighted by Gasteiger charge is 2.65. The Bertz CT molecular complexity index is 1370. The van der Waals surface area contributed by atoms with E-state index < -0.39 is 0 Å². The van der Waals surface area contributed by atoms with Crippen molar-refractivity contribution in [3.05, 3.63) is 59.4 Å². The first-order chi connectivity index (χ1) is 17.7. The first-order valence-electron chi connectivity index (χ1n) is 13.3. The molecule has 2 atom stereocenters.